The minimum absolute atomic E-state index is 0.000462. The Morgan fingerprint density at radius 2 is 1.82 bits per heavy atom. The van der Waals surface area contributed by atoms with Crippen LogP contribution < -0.4 is 14.9 Å². The van der Waals surface area contributed by atoms with Crippen molar-refractivity contribution in [2.24, 2.45) is 7.05 Å². The lowest BCUT2D eigenvalue weighted by Gasteiger charge is -2.08. The molecule has 0 aliphatic rings. The van der Waals surface area contributed by atoms with Gasteiger partial charge in [-0.05, 0) is 45.0 Å². The number of hydrogen-bond donors (Lipinski definition) is 2. The third-order valence-corrected chi connectivity index (χ3v) is 6.79. The van der Waals surface area contributed by atoms with Gasteiger partial charge in [0.25, 0.3) is 15.9 Å². The molecular weight excluding hydrogens is 404 g/mol. The monoisotopic (exact) mass is 422 g/mol. The highest BCUT2D eigenvalue weighted by molar-refractivity contribution is 7.92. The molecular formula is C17H18N4O5S2. The summed E-state index contributed by atoms with van der Waals surface area (Å²) >= 11 is 0.853. The van der Waals surface area contributed by atoms with E-state index in [1.165, 1.54) is 28.8 Å². The van der Waals surface area contributed by atoms with E-state index in [-0.39, 0.29) is 15.7 Å². The van der Waals surface area contributed by atoms with Gasteiger partial charge in [-0.2, -0.15) is 0 Å². The third kappa shape index (κ3) is 3.71. The summed E-state index contributed by atoms with van der Waals surface area (Å²) in [7, 11) is -2.28. The normalized spacial score (nSPS) is 11.4. The summed E-state index contributed by atoms with van der Waals surface area (Å²) in [6, 6.07) is 5.64. The van der Waals surface area contributed by atoms with Gasteiger partial charge in [0.15, 0.2) is 0 Å². The molecule has 2 aromatic heterocycles. The predicted molar refractivity (Wildman–Crippen MR) is 105 cm³/mol. The second kappa shape index (κ2) is 7.24. The number of aryl methyl sites for hydroxylation is 1. The van der Waals surface area contributed by atoms with Gasteiger partial charge < -0.3 is 14.4 Å². The highest BCUT2D eigenvalue weighted by atomic mass is 32.2. The standard InChI is InChI=1S/C17H18N4O5S2/c1-9-10(2)19-26-16(9)20-28(24,25)13-7-5-12(6-8-13)18-15(22)14-11(3)21(4)17(23)27-14/h5-8,20H,1-4H3,(H,18,22). The van der Waals surface area contributed by atoms with Crippen LogP contribution in [0.2, 0.25) is 0 Å². The van der Waals surface area contributed by atoms with Crippen LogP contribution in [0.25, 0.3) is 0 Å². The topological polar surface area (TPSA) is 123 Å². The molecule has 0 bridgehead atoms. The summed E-state index contributed by atoms with van der Waals surface area (Å²) in [6.45, 7) is 5.09. The number of amides is 1. The first-order valence-electron chi connectivity index (χ1n) is 8.13. The summed E-state index contributed by atoms with van der Waals surface area (Å²) in [6.07, 6.45) is 0. The van der Waals surface area contributed by atoms with Crippen LogP contribution in [-0.4, -0.2) is 24.0 Å². The molecule has 28 heavy (non-hydrogen) atoms. The molecule has 2 heterocycles. The SMILES string of the molecule is Cc1noc(NS(=O)(=O)c2ccc(NC(=O)c3sc(=O)n(C)c3C)cc2)c1C. The van der Waals surface area contributed by atoms with Crippen molar-refractivity contribution in [1.82, 2.24) is 9.72 Å². The smallest absolute Gasteiger partial charge is 0.307 e. The van der Waals surface area contributed by atoms with Gasteiger partial charge in [0.05, 0.1) is 10.6 Å². The fraction of sp³-hybridized carbons (Fsp3) is 0.235. The molecule has 148 valence electrons. The molecule has 0 saturated carbocycles. The summed E-state index contributed by atoms with van der Waals surface area (Å²) in [5.74, 6) is -0.369. The Balaban J connectivity index is 1.77. The van der Waals surface area contributed by atoms with Crippen molar-refractivity contribution >= 4 is 38.8 Å². The number of nitrogens with zero attached hydrogens (tertiary/aromatic N) is 2. The van der Waals surface area contributed by atoms with Gasteiger partial charge in [0.2, 0.25) is 5.88 Å². The fourth-order valence-electron chi connectivity index (χ4n) is 2.33. The number of benzene rings is 1. The molecule has 0 spiro atoms. The minimum Gasteiger partial charge on any atom is -0.337 e. The first-order valence-corrected chi connectivity index (χ1v) is 10.4. The number of rotatable bonds is 5. The lowest BCUT2D eigenvalue weighted by atomic mass is 10.3. The maximum Gasteiger partial charge on any atom is 0.307 e. The van der Waals surface area contributed by atoms with E-state index in [2.05, 4.69) is 15.2 Å². The Morgan fingerprint density at radius 1 is 1.18 bits per heavy atom. The van der Waals surface area contributed by atoms with E-state index < -0.39 is 15.9 Å². The number of hydrogen-bond acceptors (Lipinski definition) is 7. The number of anilines is 2. The van der Waals surface area contributed by atoms with Crippen LogP contribution in [0.15, 0.2) is 38.5 Å². The summed E-state index contributed by atoms with van der Waals surface area (Å²) in [5.41, 5.74) is 2.16. The zero-order valence-corrected chi connectivity index (χ0v) is 17.2. The average molecular weight is 422 g/mol. The first-order chi connectivity index (χ1) is 13.1. The fourth-order valence-corrected chi connectivity index (χ4v) is 4.25. The molecule has 1 amide bonds. The highest BCUT2D eigenvalue weighted by Gasteiger charge is 2.20. The van der Waals surface area contributed by atoms with E-state index in [9.17, 15) is 18.0 Å². The van der Waals surface area contributed by atoms with Gasteiger partial charge in [-0.25, -0.2) is 13.1 Å². The molecule has 1 aromatic carbocycles. The van der Waals surface area contributed by atoms with Crippen LogP contribution in [-0.2, 0) is 17.1 Å². The lowest BCUT2D eigenvalue weighted by molar-refractivity contribution is 0.102. The second-order valence-corrected chi connectivity index (χ2v) is 8.79. The number of carbonyl (C=O) groups is 1. The van der Waals surface area contributed by atoms with E-state index in [1.54, 1.807) is 27.8 Å². The van der Waals surface area contributed by atoms with Crippen LogP contribution >= 0.6 is 11.3 Å². The number of sulfonamides is 1. The quantitative estimate of drug-likeness (QED) is 0.651. The Hall–Kier alpha value is -2.92. The van der Waals surface area contributed by atoms with Crippen molar-refractivity contribution in [3.63, 3.8) is 0 Å². The largest absolute Gasteiger partial charge is 0.337 e. The molecule has 0 radical (unpaired) electrons. The number of aromatic nitrogens is 2. The number of nitrogens with one attached hydrogen (secondary N) is 2. The molecule has 3 rings (SSSR count). The first kappa shape index (κ1) is 19.8. The maximum atomic E-state index is 12.5. The molecule has 11 heteroatoms. The summed E-state index contributed by atoms with van der Waals surface area (Å²) < 4.78 is 33.7. The molecule has 0 aliphatic carbocycles. The molecule has 0 saturated heterocycles. The van der Waals surface area contributed by atoms with E-state index in [4.69, 9.17) is 4.52 Å². The lowest BCUT2D eigenvalue weighted by Crippen LogP contribution is -2.14. The number of thiazole rings is 1. The molecule has 0 unspecified atom stereocenters. The molecule has 3 aromatic rings. The van der Waals surface area contributed by atoms with Gasteiger partial charge >= 0.3 is 4.87 Å². The van der Waals surface area contributed by atoms with E-state index in [0.717, 1.165) is 11.3 Å². The average Bonchev–Trinajstić information content (AvgIpc) is 3.09. The number of carbonyl (C=O) groups excluding carboxylic acids is 1. The van der Waals surface area contributed by atoms with Crippen LogP contribution in [0.3, 0.4) is 0 Å². The van der Waals surface area contributed by atoms with Crippen molar-refractivity contribution in [2.45, 2.75) is 25.7 Å². The predicted octanol–water partition coefficient (Wildman–Crippen LogP) is 2.41. The van der Waals surface area contributed by atoms with Crippen molar-refractivity contribution in [2.75, 3.05) is 10.0 Å². The zero-order chi connectivity index (χ0) is 20.6. The van der Waals surface area contributed by atoms with E-state index >= 15 is 0 Å². The molecule has 0 atom stereocenters. The molecule has 0 fully saturated rings. The maximum absolute atomic E-state index is 12.5. The van der Waals surface area contributed by atoms with Gasteiger partial charge in [-0.1, -0.05) is 16.5 Å². The molecule has 0 aliphatic heterocycles. The Kier molecular flexibility index (Phi) is 5.13. The van der Waals surface area contributed by atoms with Gasteiger partial charge in [0.1, 0.15) is 4.88 Å². The Bertz CT molecular complexity index is 1200. The zero-order valence-electron chi connectivity index (χ0n) is 15.6. The third-order valence-electron chi connectivity index (χ3n) is 4.31. The van der Waals surface area contributed by atoms with Crippen LogP contribution in [0.4, 0.5) is 11.6 Å². The van der Waals surface area contributed by atoms with E-state index in [1.807, 2.05) is 0 Å². The molecule has 2 N–H and O–H groups in total. The van der Waals surface area contributed by atoms with Crippen LogP contribution in [0.1, 0.15) is 26.6 Å². The van der Waals surface area contributed by atoms with Crippen molar-refractivity contribution in [1.29, 1.82) is 0 Å². The van der Waals surface area contributed by atoms with Crippen LogP contribution in [0, 0.1) is 20.8 Å². The Labute approximate surface area is 165 Å². The second-order valence-electron chi connectivity index (χ2n) is 6.15. The van der Waals surface area contributed by atoms with Gasteiger partial charge in [0, 0.05) is 24.0 Å². The Morgan fingerprint density at radius 3 is 2.32 bits per heavy atom. The van der Waals surface area contributed by atoms with E-state index in [0.29, 0.717) is 27.5 Å². The van der Waals surface area contributed by atoms with Gasteiger partial charge in [-0.3, -0.25) is 9.59 Å². The summed E-state index contributed by atoms with van der Waals surface area (Å²) in [5, 5.41) is 6.37. The summed E-state index contributed by atoms with van der Waals surface area (Å²) in [4.78, 5) is 24.1. The molecule has 9 nitrogen and oxygen atoms in total. The van der Waals surface area contributed by atoms with Crippen LogP contribution in [0.5, 0.6) is 0 Å². The van der Waals surface area contributed by atoms with Crippen molar-refractivity contribution in [3.05, 3.63) is 55.8 Å². The van der Waals surface area contributed by atoms with Gasteiger partial charge in [-0.15, -0.1) is 0 Å². The highest BCUT2D eigenvalue weighted by Crippen LogP contribution is 2.23. The van der Waals surface area contributed by atoms with Crippen molar-refractivity contribution in [3.8, 4) is 0 Å². The van der Waals surface area contributed by atoms with Crippen molar-refractivity contribution < 1.29 is 17.7 Å². The minimum atomic E-state index is -3.87.